The van der Waals surface area contributed by atoms with Crippen LogP contribution in [-0.4, -0.2) is 36.1 Å². The number of amides is 1. The van der Waals surface area contributed by atoms with E-state index in [1.807, 2.05) is 4.90 Å². The van der Waals surface area contributed by atoms with Crippen LogP contribution < -0.4 is 5.32 Å². The van der Waals surface area contributed by atoms with E-state index in [-0.39, 0.29) is 24.2 Å². The monoisotopic (exact) mass is 294 g/mol. The van der Waals surface area contributed by atoms with Gasteiger partial charge in [0.05, 0.1) is 18.7 Å². The molecule has 110 valence electrons. The molecule has 4 nitrogen and oxygen atoms in total. The van der Waals surface area contributed by atoms with E-state index in [1.54, 1.807) is 11.3 Å². The lowest BCUT2D eigenvalue weighted by Crippen LogP contribution is -2.41. The molecule has 1 aromatic heterocycles. The van der Waals surface area contributed by atoms with Crippen LogP contribution in [0.25, 0.3) is 0 Å². The van der Waals surface area contributed by atoms with Gasteiger partial charge in [-0.05, 0) is 31.4 Å². The Bertz CT molecular complexity index is 494. The topological polar surface area (TPSA) is 41.6 Å². The maximum Gasteiger partial charge on any atom is 0.241 e. The summed E-state index contributed by atoms with van der Waals surface area (Å²) in [6, 6.07) is 4.39. The van der Waals surface area contributed by atoms with Crippen molar-refractivity contribution in [2.24, 2.45) is 5.92 Å². The van der Waals surface area contributed by atoms with Gasteiger partial charge in [-0.1, -0.05) is 13.8 Å². The van der Waals surface area contributed by atoms with E-state index in [9.17, 15) is 4.79 Å². The van der Waals surface area contributed by atoms with Gasteiger partial charge in [-0.25, -0.2) is 0 Å². The molecule has 3 heterocycles. The van der Waals surface area contributed by atoms with Gasteiger partial charge in [0.2, 0.25) is 5.91 Å². The Labute approximate surface area is 124 Å². The molecule has 3 unspecified atom stereocenters. The summed E-state index contributed by atoms with van der Waals surface area (Å²) < 4.78 is 5.48. The second kappa shape index (κ2) is 5.47. The lowest BCUT2D eigenvalue weighted by atomic mass is 10.0. The molecule has 1 aromatic rings. The molecule has 2 fully saturated rings. The number of nitrogens with one attached hydrogen (secondary N) is 1. The fourth-order valence-corrected chi connectivity index (χ4v) is 3.98. The highest BCUT2D eigenvalue weighted by atomic mass is 32.1. The van der Waals surface area contributed by atoms with Gasteiger partial charge >= 0.3 is 0 Å². The predicted molar refractivity (Wildman–Crippen MR) is 79.6 cm³/mol. The first kappa shape index (κ1) is 14.0. The third-order valence-electron chi connectivity index (χ3n) is 4.13. The molecule has 0 aliphatic carbocycles. The molecule has 0 aromatic carbocycles. The van der Waals surface area contributed by atoms with Crippen LogP contribution in [0.1, 0.15) is 36.2 Å². The first-order valence-electron chi connectivity index (χ1n) is 7.30. The van der Waals surface area contributed by atoms with Crippen molar-refractivity contribution < 1.29 is 9.53 Å². The van der Waals surface area contributed by atoms with Crippen LogP contribution in [0.5, 0.6) is 0 Å². The van der Waals surface area contributed by atoms with Crippen molar-refractivity contribution in [2.45, 2.75) is 45.4 Å². The number of carbonyl (C=O) groups excluding carboxylic acids is 1. The van der Waals surface area contributed by atoms with Gasteiger partial charge in [-0.3, -0.25) is 10.1 Å². The molecule has 3 atom stereocenters. The molecule has 2 aliphatic rings. The van der Waals surface area contributed by atoms with Crippen molar-refractivity contribution in [2.75, 3.05) is 13.2 Å². The van der Waals surface area contributed by atoms with Crippen molar-refractivity contribution in [3.63, 3.8) is 0 Å². The molecule has 0 bridgehead atoms. The minimum Gasteiger partial charge on any atom is -0.379 e. The lowest BCUT2D eigenvalue weighted by Gasteiger charge is -2.28. The number of carbonyl (C=O) groups is 1. The van der Waals surface area contributed by atoms with E-state index in [1.165, 1.54) is 9.75 Å². The minimum absolute atomic E-state index is 0.0142. The molecule has 3 rings (SSSR count). The number of nitrogens with zero attached hydrogens (tertiary/aromatic N) is 1. The molecular formula is C15H22N2O2S. The molecule has 1 amide bonds. The highest BCUT2D eigenvalue weighted by molar-refractivity contribution is 7.12. The molecule has 5 heteroatoms. The van der Waals surface area contributed by atoms with Crippen LogP contribution in [0.15, 0.2) is 12.1 Å². The standard InChI is InChI=1S/C15H22N2O2S/c1-9(2)13-15(18)17(11-6-7-19-8-11)14(16-13)12-5-4-10(3)20-12/h4-5,9,11,13-14,16H,6-8H2,1-3H3. The van der Waals surface area contributed by atoms with Crippen LogP contribution in [0, 0.1) is 12.8 Å². The summed E-state index contributed by atoms with van der Waals surface area (Å²) in [5.74, 6) is 0.532. The fraction of sp³-hybridized carbons (Fsp3) is 0.667. The zero-order valence-corrected chi connectivity index (χ0v) is 13.1. The first-order chi connectivity index (χ1) is 9.58. The molecule has 0 spiro atoms. The average molecular weight is 294 g/mol. The highest BCUT2D eigenvalue weighted by Crippen LogP contribution is 2.35. The van der Waals surface area contributed by atoms with Gasteiger partial charge in [-0.2, -0.15) is 0 Å². The Morgan fingerprint density at radius 2 is 2.25 bits per heavy atom. The second-order valence-corrected chi connectivity index (χ2v) is 7.32. The third-order valence-corrected chi connectivity index (χ3v) is 5.19. The largest absolute Gasteiger partial charge is 0.379 e. The first-order valence-corrected chi connectivity index (χ1v) is 8.12. The van der Waals surface area contributed by atoms with Crippen molar-refractivity contribution >= 4 is 17.2 Å². The molecule has 20 heavy (non-hydrogen) atoms. The van der Waals surface area contributed by atoms with Crippen LogP contribution in [-0.2, 0) is 9.53 Å². The van der Waals surface area contributed by atoms with Gasteiger partial charge in [0, 0.05) is 16.4 Å². The van der Waals surface area contributed by atoms with Crippen molar-refractivity contribution in [3.8, 4) is 0 Å². The molecular weight excluding hydrogens is 272 g/mol. The van der Waals surface area contributed by atoms with Gasteiger partial charge < -0.3 is 9.64 Å². The zero-order chi connectivity index (χ0) is 14.3. The lowest BCUT2D eigenvalue weighted by molar-refractivity contribution is -0.133. The highest BCUT2D eigenvalue weighted by Gasteiger charge is 2.45. The van der Waals surface area contributed by atoms with E-state index in [2.05, 4.69) is 38.2 Å². The van der Waals surface area contributed by atoms with Crippen molar-refractivity contribution in [1.29, 1.82) is 0 Å². The van der Waals surface area contributed by atoms with Crippen LogP contribution in [0.3, 0.4) is 0 Å². The number of aryl methyl sites for hydroxylation is 1. The van der Waals surface area contributed by atoms with Crippen LogP contribution >= 0.6 is 11.3 Å². The smallest absolute Gasteiger partial charge is 0.241 e. The number of thiophene rings is 1. The third kappa shape index (κ3) is 2.38. The Balaban J connectivity index is 1.90. The minimum atomic E-state index is -0.0805. The fourth-order valence-electron chi connectivity index (χ4n) is 3.04. The summed E-state index contributed by atoms with van der Waals surface area (Å²) in [5.41, 5.74) is 0. The number of hydrogen-bond donors (Lipinski definition) is 1. The number of hydrogen-bond acceptors (Lipinski definition) is 4. The average Bonchev–Trinajstić information content (AvgIpc) is 3.07. The summed E-state index contributed by atoms with van der Waals surface area (Å²) in [4.78, 5) is 17.3. The van der Waals surface area contributed by atoms with Gasteiger partial charge in [0.25, 0.3) is 0 Å². The summed E-state index contributed by atoms with van der Waals surface area (Å²) in [7, 11) is 0. The van der Waals surface area contributed by atoms with E-state index in [0.29, 0.717) is 12.5 Å². The predicted octanol–water partition coefficient (Wildman–Crippen LogP) is 2.30. The Hall–Kier alpha value is -0.910. The van der Waals surface area contributed by atoms with E-state index < -0.39 is 0 Å². The maximum absolute atomic E-state index is 12.7. The number of ether oxygens (including phenoxy) is 1. The van der Waals surface area contributed by atoms with Crippen molar-refractivity contribution in [3.05, 3.63) is 21.9 Å². The van der Waals surface area contributed by atoms with Gasteiger partial charge in [0.15, 0.2) is 0 Å². The summed E-state index contributed by atoms with van der Waals surface area (Å²) in [6.07, 6.45) is 0.958. The SMILES string of the molecule is Cc1ccc(C2NC(C(C)C)C(=O)N2C2CCOC2)s1. The Kier molecular flexibility index (Phi) is 3.84. The van der Waals surface area contributed by atoms with Gasteiger partial charge in [-0.15, -0.1) is 11.3 Å². The molecule has 0 saturated carbocycles. The summed E-state index contributed by atoms with van der Waals surface area (Å²) in [5, 5.41) is 3.53. The quantitative estimate of drug-likeness (QED) is 0.930. The maximum atomic E-state index is 12.7. The van der Waals surface area contributed by atoms with E-state index in [4.69, 9.17) is 4.74 Å². The van der Waals surface area contributed by atoms with E-state index in [0.717, 1.165) is 13.0 Å². The Morgan fingerprint density at radius 3 is 2.80 bits per heavy atom. The second-order valence-electron chi connectivity index (χ2n) is 6.00. The molecule has 2 aliphatic heterocycles. The zero-order valence-electron chi connectivity index (χ0n) is 12.3. The molecule has 1 N–H and O–H groups in total. The summed E-state index contributed by atoms with van der Waals surface area (Å²) >= 11 is 1.77. The normalized spacial score (nSPS) is 30.7. The van der Waals surface area contributed by atoms with Crippen LogP contribution in [0.2, 0.25) is 0 Å². The molecule has 2 saturated heterocycles. The number of rotatable bonds is 3. The van der Waals surface area contributed by atoms with Crippen LogP contribution in [0.4, 0.5) is 0 Å². The van der Waals surface area contributed by atoms with Crippen molar-refractivity contribution in [1.82, 2.24) is 10.2 Å². The van der Waals surface area contributed by atoms with Gasteiger partial charge in [0.1, 0.15) is 6.17 Å². The Morgan fingerprint density at radius 1 is 1.45 bits per heavy atom. The molecule has 0 radical (unpaired) electrons. The summed E-state index contributed by atoms with van der Waals surface area (Å²) in [6.45, 7) is 7.73. The van der Waals surface area contributed by atoms with E-state index >= 15 is 0 Å².